The second-order valence-electron chi connectivity index (χ2n) is 8.46. The third kappa shape index (κ3) is 5.93. The van der Waals surface area contributed by atoms with Gasteiger partial charge in [-0.3, -0.25) is 9.59 Å². The number of amides is 2. The molecule has 33 heavy (non-hydrogen) atoms. The van der Waals surface area contributed by atoms with Crippen LogP contribution in [0.4, 0.5) is 5.69 Å². The largest absolute Gasteiger partial charge is 0.371 e. The molecule has 0 saturated carbocycles. The number of benzene rings is 3. The standard InChI is InChI=1S/C27H28ClN3O2/c1-19-7-12-24(28)15-25(19)31-14-13-20(18-31)16-29-26(32)17-30-27(33)23-10-8-22(9-11-23)21-5-3-2-4-6-21/h2-12,15,20H,13-14,16-18H2,1H3,(H,29,32)(H,30,33). The molecular weight excluding hydrogens is 434 g/mol. The molecule has 1 saturated heterocycles. The molecule has 0 aromatic heterocycles. The number of carbonyl (C=O) groups is 2. The molecule has 1 aliphatic rings. The fraction of sp³-hybridized carbons (Fsp3) is 0.259. The van der Waals surface area contributed by atoms with Gasteiger partial charge in [-0.25, -0.2) is 0 Å². The summed E-state index contributed by atoms with van der Waals surface area (Å²) in [6, 6.07) is 23.3. The Bertz CT molecular complexity index is 1120. The number of anilines is 1. The summed E-state index contributed by atoms with van der Waals surface area (Å²) in [5, 5.41) is 6.39. The Kier molecular flexibility index (Phi) is 7.30. The molecule has 0 bridgehead atoms. The number of rotatable bonds is 7. The minimum Gasteiger partial charge on any atom is -0.371 e. The van der Waals surface area contributed by atoms with Gasteiger partial charge in [0.15, 0.2) is 0 Å². The first kappa shape index (κ1) is 22.9. The van der Waals surface area contributed by atoms with Gasteiger partial charge in [0.2, 0.25) is 5.91 Å². The van der Waals surface area contributed by atoms with Gasteiger partial charge in [0.1, 0.15) is 0 Å². The zero-order valence-corrected chi connectivity index (χ0v) is 19.4. The molecule has 5 nitrogen and oxygen atoms in total. The van der Waals surface area contributed by atoms with E-state index in [1.165, 1.54) is 5.56 Å². The molecule has 3 aromatic rings. The van der Waals surface area contributed by atoms with E-state index < -0.39 is 0 Å². The van der Waals surface area contributed by atoms with Crippen molar-refractivity contribution in [2.24, 2.45) is 5.92 Å². The van der Waals surface area contributed by atoms with Gasteiger partial charge in [-0.2, -0.15) is 0 Å². The first-order chi connectivity index (χ1) is 16.0. The van der Waals surface area contributed by atoms with Crippen LogP contribution in [0.2, 0.25) is 5.02 Å². The Labute approximate surface area is 199 Å². The normalized spacial score (nSPS) is 15.3. The zero-order valence-electron chi connectivity index (χ0n) is 18.7. The molecule has 2 N–H and O–H groups in total. The van der Waals surface area contributed by atoms with Crippen LogP contribution in [0.1, 0.15) is 22.3 Å². The lowest BCUT2D eigenvalue weighted by atomic mass is 10.0. The number of halogens is 1. The molecule has 1 fully saturated rings. The average molecular weight is 462 g/mol. The average Bonchev–Trinajstić information content (AvgIpc) is 3.32. The molecule has 0 spiro atoms. The fourth-order valence-electron chi connectivity index (χ4n) is 4.17. The quantitative estimate of drug-likeness (QED) is 0.536. The van der Waals surface area contributed by atoms with Gasteiger partial charge < -0.3 is 15.5 Å². The lowest BCUT2D eigenvalue weighted by molar-refractivity contribution is -0.120. The number of nitrogens with zero attached hydrogens (tertiary/aromatic N) is 1. The zero-order chi connectivity index (χ0) is 23.2. The van der Waals surface area contributed by atoms with E-state index in [2.05, 4.69) is 22.5 Å². The number of aryl methyl sites for hydroxylation is 1. The maximum Gasteiger partial charge on any atom is 0.251 e. The summed E-state index contributed by atoms with van der Waals surface area (Å²) in [6.07, 6.45) is 1.01. The monoisotopic (exact) mass is 461 g/mol. The number of hydrogen-bond donors (Lipinski definition) is 2. The summed E-state index contributed by atoms with van der Waals surface area (Å²) >= 11 is 6.16. The second kappa shape index (κ2) is 10.5. The molecule has 0 radical (unpaired) electrons. The van der Waals surface area contributed by atoms with E-state index in [1.54, 1.807) is 12.1 Å². The number of carbonyl (C=O) groups excluding carboxylic acids is 2. The van der Waals surface area contributed by atoms with Crippen molar-refractivity contribution >= 4 is 29.1 Å². The van der Waals surface area contributed by atoms with E-state index in [0.717, 1.165) is 41.3 Å². The van der Waals surface area contributed by atoms with Gasteiger partial charge in [0.05, 0.1) is 6.54 Å². The molecule has 1 atom stereocenters. The Morgan fingerprint density at radius 3 is 2.45 bits per heavy atom. The van der Waals surface area contributed by atoms with Crippen LogP contribution in [0.25, 0.3) is 11.1 Å². The SMILES string of the molecule is Cc1ccc(Cl)cc1N1CCC(CNC(=O)CNC(=O)c2ccc(-c3ccccc3)cc2)C1. The van der Waals surface area contributed by atoms with Crippen LogP contribution >= 0.6 is 11.6 Å². The van der Waals surface area contributed by atoms with E-state index >= 15 is 0 Å². The second-order valence-corrected chi connectivity index (χ2v) is 8.90. The maximum absolute atomic E-state index is 12.4. The summed E-state index contributed by atoms with van der Waals surface area (Å²) in [5.41, 5.74) is 5.03. The van der Waals surface area contributed by atoms with Gasteiger partial charge >= 0.3 is 0 Å². The predicted octanol–water partition coefficient (Wildman–Crippen LogP) is 4.69. The first-order valence-electron chi connectivity index (χ1n) is 11.2. The number of nitrogens with one attached hydrogen (secondary N) is 2. The molecule has 4 rings (SSSR count). The molecule has 3 aromatic carbocycles. The summed E-state index contributed by atoms with van der Waals surface area (Å²) in [5.74, 6) is -0.0663. The molecule has 1 heterocycles. The van der Waals surface area contributed by atoms with Gasteiger partial charge in [0, 0.05) is 35.9 Å². The summed E-state index contributed by atoms with van der Waals surface area (Å²) < 4.78 is 0. The summed E-state index contributed by atoms with van der Waals surface area (Å²) in [4.78, 5) is 27.0. The summed E-state index contributed by atoms with van der Waals surface area (Å²) in [6.45, 7) is 4.46. The van der Waals surface area contributed by atoms with Crippen molar-refractivity contribution in [1.82, 2.24) is 10.6 Å². The Morgan fingerprint density at radius 1 is 0.970 bits per heavy atom. The highest BCUT2D eigenvalue weighted by atomic mass is 35.5. The fourth-order valence-corrected chi connectivity index (χ4v) is 4.34. The van der Waals surface area contributed by atoms with Gasteiger partial charge in [-0.05, 0) is 60.2 Å². The van der Waals surface area contributed by atoms with E-state index in [9.17, 15) is 9.59 Å². The Balaban J connectivity index is 1.21. The molecule has 0 aliphatic carbocycles. The molecular formula is C27H28ClN3O2. The highest BCUT2D eigenvalue weighted by Crippen LogP contribution is 2.29. The van der Waals surface area contributed by atoms with E-state index in [4.69, 9.17) is 11.6 Å². The van der Waals surface area contributed by atoms with E-state index in [-0.39, 0.29) is 18.4 Å². The molecule has 2 amide bonds. The summed E-state index contributed by atoms with van der Waals surface area (Å²) in [7, 11) is 0. The molecule has 1 aliphatic heterocycles. The van der Waals surface area contributed by atoms with Crippen LogP contribution < -0.4 is 15.5 Å². The Hall–Kier alpha value is -3.31. The van der Waals surface area contributed by atoms with Crippen molar-refractivity contribution in [3.63, 3.8) is 0 Å². The van der Waals surface area contributed by atoms with Crippen LogP contribution in [0, 0.1) is 12.8 Å². The topological polar surface area (TPSA) is 61.4 Å². The van der Waals surface area contributed by atoms with Gasteiger partial charge in [-0.15, -0.1) is 0 Å². The van der Waals surface area contributed by atoms with Gasteiger partial charge in [-0.1, -0.05) is 60.1 Å². The Morgan fingerprint density at radius 2 is 1.70 bits per heavy atom. The highest BCUT2D eigenvalue weighted by Gasteiger charge is 2.24. The van der Waals surface area contributed by atoms with Crippen LogP contribution in [-0.4, -0.2) is 38.0 Å². The predicted molar refractivity (Wildman–Crippen MR) is 134 cm³/mol. The van der Waals surface area contributed by atoms with Crippen LogP contribution in [0.3, 0.4) is 0 Å². The van der Waals surface area contributed by atoms with Crippen molar-refractivity contribution < 1.29 is 9.59 Å². The molecule has 1 unspecified atom stereocenters. The van der Waals surface area contributed by atoms with Gasteiger partial charge in [0.25, 0.3) is 5.91 Å². The van der Waals surface area contributed by atoms with Crippen LogP contribution in [-0.2, 0) is 4.79 Å². The third-order valence-corrected chi connectivity index (χ3v) is 6.28. The van der Waals surface area contributed by atoms with Crippen molar-refractivity contribution in [2.75, 3.05) is 31.1 Å². The smallest absolute Gasteiger partial charge is 0.251 e. The highest BCUT2D eigenvalue weighted by molar-refractivity contribution is 6.30. The molecule has 170 valence electrons. The lowest BCUT2D eigenvalue weighted by Crippen LogP contribution is -2.39. The minimum absolute atomic E-state index is 0.0386. The van der Waals surface area contributed by atoms with E-state index in [1.807, 2.05) is 60.7 Å². The molecule has 6 heteroatoms. The van der Waals surface area contributed by atoms with Crippen molar-refractivity contribution in [3.8, 4) is 11.1 Å². The van der Waals surface area contributed by atoms with Crippen molar-refractivity contribution in [1.29, 1.82) is 0 Å². The minimum atomic E-state index is -0.256. The third-order valence-electron chi connectivity index (χ3n) is 6.05. The first-order valence-corrected chi connectivity index (χ1v) is 11.6. The van der Waals surface area contributed by atoms with E-state index in [0.29, 0.717) is 18.0 Å². The van der Waals surface area contributed by atoms with Crippen molar-refractivity contribution in [3.05, 3.63) is 88.9 Å². The number of hydrogen-bond acceptors (Lipinski definition) is 3. The van der Waals surface area contributed by atoms with Crippen molar-refractivity contribution in [2.45, 2.75) is 13.3 Å². The van der Waals surface area contributed by atoms with Crippen LogP contribution in [0.15, 0.2) is 72.8 Å². The lowest BCUT2D eigenvalue weighted by Gasteiger charge is -2.21. The maximum atomic E-state index is 12.4. The van der Waals surface area contributed by atoms with Crippen LogP contribution in [0.5, 0.6) is 0 Å².